The van der Waals surface area contributed by atoms with Crippen LogP contribution in [-0.4, -0.2) is 19.5 Å². The minimum atomic E-state index is -0.0100. The van der Waals surface area contributed by atoms with Crippen LogP contribution in [0, 0.1) is 5.92 Å². The zero-order chi connectivity index (χ0) is 13.8. The molecule has 4 heteroatoms. The number of carbonyl (C=O) groups is 1. The van der Waals surface area contributed by atoms with E-state index in [0.29, 0.717) is 6.54 Å². The molecule has 0 aromatic heterocycles. The summed E-state index contributed by atoms with van der Waals surface area (Å²) in [7, 11) is 1.86. The van der Waals surface area contributed by atoms with Gasteiger partial charge in [0.15, 0.2) is 0 Å². The van der Waals surface area contributed by atoms with Crippen LogP contribution < -0.4 is 16.4 Å². The minimum Gasteiger partial charge on any atom is -0.399 e. The van der Waals surface area contributed by atoms with Gasteiger partial charge in [-0.15, -0.1) is 0 Å². The lowest BCUT2D eigenvalue weighted by Crippen LogP contribution is -2.37. The van der Waals surface area contributed by atoms with Gasteiger partial charge in [0.2, 0.25) is 5.91 Å². The van der Waals surface area contributed by atoms with Crippen molar-refractivity contribution in [3.8, 4) is 0 Å². The molecule has 0 radical (unpaired) electrons. The van der Waals surface area contributed by atoms with Crippen molar-refractivity contribution in [3.05, 3.63) is 29.3 Å². The van der Waals surface area contributed by atoms with Crippen molar-refractivity contribution < 1.29 is 4.79 Å². The molecule has 0 saturated carbocycles. The fraction of sp³-hybridized carbons (Fsp3) is 0.533. The zero-order valence-corrected chi connectivity index (χ0v) is 11.7. The van der Waals surface area contributed by atoms with Crippen LogP contribution in [0.3, 0.4) is 0 Å². The first kappa shape index (κ1) is 13.9. The molecule has 4 nitrogen and oxygen atoms in total. The van der Waals surface area contributed by atoms with E-state index in [-0.39, 0.29) is 17.9 Å². The first-order valence-corrected chi connectivity index (χ1v) is 6.95. The van der Waals surface area contributed by atoms with Gasteiger partial charge in [0.1, 0.15) is 0 Å². The lowest BCUT2D eigenvalue weighted by atomic mass is 9.87. The molecule has 2 rings (SSSR count). The maximum absolute atomic E-state index is 12.1. The molecule has 0 aliphatic heterocycles. The number of aryl methyl sites for hydroxylation is 1. The van der Waals surface area contributed by atoms with E-state index < -0.39 is 0 Å². The third kappa shape index (κ3) is 3.26. The van der Waals surface area contributed by atoms with E-state index in [1.165, 1.54) is 11.1 Å². The predicted octanol–water partition coefficient (Wildman–Crippen LogP) is 1.62. The van der Waals surface area contributed by atoms with E-state index in [0.717, 1.165) is 24.9 Å². The summed E-state index contributed by atoms with van der Waals surface area (Å²) in [4.78, 5) is 12.1. The van der Waals surface area contributed by atoms with E-state index in [4.69, 9.17) is 5.73 Å². The molecule has 1 aliphatic carbocycles. The van der Waals surface area contributed by atoms with Gasteiger partial charge in [-0.05, 0) is 49.6 Å². The Morgan fingerprint density at radius 1 is 1.53 bits per heavy atom. The highest BCUT2D eigenvalue weighted by atomic mass is 16.1. The van der Waals surface area contributed by atoms with Crippen LogP contribution in [0.2, 0.25) is 0 Å². The Morgan fingerprint density at radius 2 is 2.32 bits per heavy atom. The molecule has 0 bridgehead atoms. The van der Waals surface area contributed by atoms with Crippen LogP contribution in [-0.2, 0) is 11.2 Å². The number of benzene rings is 1. The highest BCUT2D eigenvalue weighted by Gasteiger charge is 2.23. The summed E-state index contributed by atoms with van der Waals surface area (Å²) in [6.07, 6.45) is 3.16. The third-order valence-corrected chi connectivity index (χ3v) is 3.76. The molecule has 1 aliphatic rings. The lowest BCUT2D eigenvalue weighted by Gasteiger charge is -2.27. The van der Waals surface area contributed by atoms with E-state index in [9.17, 15) is 4.79 Å². The van der Waals surface area contributed by atoms with Crippen LogP contribution in [0.5, 0.6) is 0 Å². The highest BCUT2D eigenvalue weighted by molar-refractivity contribution is 5.79. The number of amides is 1. The molecule has 104 valence electrons. The number of nitrogen functional groups attached to an aromatic ring is 1. The zero-order valence-electron chi connectivity index (χ0n) is 11.7. The number of hydrogen-bond acceptors (Lipinski definition) is 3. The summed E-state index contributed by atoms with van der Waals surface area (Å²) < 4.78 is 0. The predicted molar refractivity (Wildman–Crippen MR) is 77.8 cm³/mol. The summed E-state index contributed by atoms with van der Waals surface area (Å²) >= 11 is 0. The van der Waals surface area contributed by atoms with Crippen molar-refractivity contribution in [2.45, 2.75) is 32.2 Å². The van der Waals surface area contributed by atoms with Crippen LogP contribution >= 0.6 is 0 Å². The first-order chi connectivity index (χ1) is 9.11. The molecule has 0 heterocycles. The van der Waals surface area contributed by atoms with Crippen LogP contribution in [0.25, 0.3) is 0 Å². The second-order valence-electron chi connectivity index (χ2n) is 5.37. The number of nitrogens with two attached hydrogens (primary N) is 1. The molecule has 19 heavy (non-hydrogen) atoms. The molecule has 4 N–H and O–H groups in total. The Balaban J connectivity index is 2.09. The van der Waals surface area contributed by atoms with Gasteiger partial charge in [-0.2, -0.15) is 0 Å². The van der Waals surface area contributed by atoms with E-state index >= 15 is 0 Å². The molecule has 0 saturated heterocycles. The van der Waals surface area contributed by atoms with Crippen molar-refractivity contribution in [2.75, 3.05) is 19.3 Å². The van der Waals surface area contributed by atoms with Gasteiger partial charge in [0.25, 0.3) is 0 Å². The van der Waals surface area contributed by atoms with Gasteiger partial charge in [-0.3, -0.25) is 4.79 Å². The minimum absolute atomic E-state index is 0.0100. The Hall–Kier alpha value is -1.55. The highest BCUT2D eigenvalue weighted by Crippen LogP contribution is 2.31. The fourth-order valence-electron chi connectivity index (χ4n) is 2.70. The second kappa shape index (κ2) is 6.06. The largest absolute Gasteiger partial charge is 0.399 e. The fourth-order valence-corrected chi connectivity index (χ4v) is 2.70. The van der Waals surface area contributed by atoms with Gasteiger partial charge in [-0.25, -0.2) is 0 Å². The lowest BCUT2D eigenvalue weighted by molar-refractivity contribution is -0.125. The molecule has 2 unspecified atom stereocenters. The van der Waals surface area contributed by atoms with E-state index in [1.807, 2.05) is 26.1 Å². The molecular weight excluding hydrogens is 238 g/mol. The molecule has 2 atom stereocenters. The number of rotatable bonds is 4. The standard InChI is InChI=1S/C15H23N3O/c1-10(9-17-2)15(19)18-14-5-3-4-11-8-12(16)6-7-13(11)14/h6-8,10,14,17H,3-5,9,16H2,1-2H3,(H,18,19). The van der Waals surface area contributed by atoms with Gasteiger partial charge in [0.05, 0.1) is 6.04 Å². The number of nitrogens with one attached hydrogen (secondary N) is 2. The number of carbonyl (C=O) groups excluding carboxylic acids is 1. The van der Waals surface area contributed by atoms with Gasteiger partial charge >= 0.3 is 0 Å². The maximum Gasteiger partial charge on any atom is 0.224 e. The summed E-state index contributed by atoms with van der Waals surface area (Å²) in [5, 5.41) is 6.19. The van der Waals surface area contributed by atoms with Crippen molar-refractivity contribution in [1.82, 2.24) is 10.6 Å². The molecular formula is C15H23N3O. The van der Waals surface area contributed by atoms with Crippen molar-refractivity contribution in [2.24, 2.45) is 5.92 Å². The van der Waals surface area contributed by atoms with Crippen LogP contribution in [0.1, 0.15) is 36.9 Å². The normalized spacial score (nSPS) is 19.6. The molecule has 0 fully saturated rings. The second-order valence-corrected chi connectivity index (χ2v) is 5.37. The Bertz CT molecular complexity index is 459. The molecule has 1 amide bonds. The summed E-state index contributed by atoms with van der Waals surface area (Å²) in [6.45, 7) is 2.64. The molecule has 0 spiro atoms. The molecule has 1 aromatic carbocycles. The quantitative estimate of drug-likeness (QED) is 0.721. The smallest absolute Gasteiger partial charge is 0.224 e. The number of fused-ring (bicyclic) bond motifs is 1. The van der Waals surface area contributed by atoms with Gasteiger partial charge < -0.3 is 16.4 Å². The summed E-state index contributed by atoms with van der Waals surface area (Å²) in [5.41, 5.74) is 9.12. The van der Waals surface area contributed by atoms with E-state index in [2.05, 4.69) is 16.7 Å². The average Bonchev–Trinajstić information content (AvgIpc) is 2.38. The van der Waals surface area contributed by atoms with Crippen LogP contribution in [0.15, 0.2) is 18.2 Å². The van der Waals surface area contributed by atoms with Gasteiger partial charge in [0, 0.05) is 18.2 Å². The van der Waals surface area contributed by atoms with Crippen LogP contribution in [0.4, 0.5) is 5.69 Å². The van der Waals surface area contributed by atoms with Crippen molar-refractivity contribution >= 4 is 11.6 Å². The number of hydrogen-bond donors (Lipinski definition) is 3. The Kier molecular flexibility index (Phi) is 4.43. The SMILES string of the molecule is CNCC(C)C(=O)NC1CCCc2cc(N)ccc21. The van der Waals surface area contributed by atoms with Crippen molar-refractivity contribution in [3.63, 3.8) is 0 Å². The third-order valence-electron chi connectivity index (χ3n) is 3.76. The van der Waals surface area contributed by atoms with E-state index in [1.54, 1.807) is 0 Å². The summed E-state index contributed by atoms with van der Waals surface area (Å²) in [5.74, 6) is 0.105. The number of anilines is 1. The molecule has 1 aromatic rings. The maximum atomic E-state index is 12.1. The van der Waals surface area contributed by atoms with Crippen molar-refractivity contribution in [1.29, 1.82) is 0 Å². The topological polar surface area (TPSA) is 67.2 Å². The monoisotopic (exact) mass is 261 g/mol. The summed E-state index contributed by atoms with van der Waals surface area (Å²) in [6, 6.07) is 6.14. The Morgan fingerprint density at radius 3 is 3.05 bits per heavy atom. The first-order valence-electron chi connectivity index (χ1n) is 6.95. The Labute approximate surface area is 114 Å². The van der Waals surface area contributed by atoms with Gasteiger partial charge in [-0.1, -0.05) is 13.0 Å². The average molecular weight is 261 g/mol.